The molecular formula is C38H61N5O9. The number of cyclic esters (lactones) is 1. The fraction of sp³-hybridized carbons (Fsp3) is 0.684. The van der Waals surface area contributed by atoms with E-state index in [2.05, 4.69) is 33.5 Å². The summed E-state index contributed by atoms with van der Waals surface area (Å²) in [5.41, 5.74) is 0.690. The van der Waals surface area contributed by atoms with E-state index in [0.29, 0.717) is 24.8 Å². The number of rotatable bonds is 14. The average molecular weight is 732 g/mol. The summed E-state index contributed by atoms with van der Waals surface area (Å²) in [7, 11) is 0. The number of amides is 5. The molecule has 2 rings (SSSR count). The van der Waals surface area contributed by atoms with Gasteiger partial charge in [0.05, 0.1) is 19.1 Å². The molecule has 1 aromatic carbocycles. The second kappa shape index (κ2) is 22.8. The van der Waals surface area contributed by atoms with Crippen LogP contribution < -0.4 is 26.6 Å². The minimum absolute atomic E-state index is 0.00822. The minimum atomic E-state index is -1.59. The van der Waals surface area contributed by atoms with Crippen LogP contribution in [0.5, 0.6) is 0 Å². The molecule has 0 saturated carbocycles. The van der Waals surface area contributed by atoms with Gasteiger partial charge in [0.25, 0.3) is 0 Å². The molecular weight excluding hydrogens is 670 g/mol. The first-order valence-electron chi connectivity index (χ1n) is 18.7. The van der Waals surface area contributed by atoms with Crippen molar-refractivity contribution in [3.63, 3.8) is 0 Å². The third kappa shape index (κ3) is 14.9. The van der Waals surface area contributed by atoms with Gasteiger partial charge in [-0.1, -0.05) is 97.1 Å². The monoisotopic (exact) mass is 731 g/mol. The summed E-state index contributed by atoms with van der Waals surface area (Å²) in [6, 6.07) is 2.26. The maximum absolute atomic E-state index is 14.0. The lowest BCUT2D eigenvalue weighted by atomic mass is 9.97. The molecule has 1 aliphatic heterocycles. The van der Waals surface area contributed by atoms with Crippen LogP contribution in [0.1, 0.15) is 105 Å². The Morgan fingerprint density at radius 1 is 0.731 bits per heavy atom. The molecule has 1 aromatic rings. The molecule has 1 saturated heterocycles. The van der Waals surface area contributed by atoms with Crippen LogP contribution >= 0.6 is 0 Å². The molecule has 0 aliphatic carbocycles. The Kier molecular flexibility index (Phi) is 19.3. The fourth-order valence-electron chi connectivity index (χ4n) is 5.95. The van der Waals surface area contributed by atoms with Crippen molar-refractivity contribution in [3.8, 4) is 0 Å². The van der Waals surface area contributed by atoms with Crippen molar-refractivity contribution in [1.82, 2.24) is 26.6 Å². The summed E-state index contributed by atoms with van der Waals surface area (Å²) in [6.07, 6.45) is 3.15. The highest BCUT2D eigenvalue weighted by Gasteiger charge is 2.36. The van der Waals surface area contributed by atoms with E-state index >= 15 is 0 Å². The van der Waals surface area contributed by atoms with Gasteiger partial charge in [0, 0.05) is 6.42 Å². The summed E-state index contributed by atoms with van der Waals surface area (Å²) < 4.78 is 5.97. The van der Waals surface area contributed by atoms with Crippen LogP contribution in [0.2, 0.25) is 0 Å². The van der Waals surface area contributed by atoms with E-state index in [1.807, 2.05) is 20.8 Å². The zero-order valence-electron chi connectivity index (χ0n) is 31.6. The Balaban J connectivity index is 2.60. The van der Waals surface area contributed by atoms with Gasteiger partial charge in [-0.3, -0.25) is 24.0 Å². The predicted molar refractivity (Wildman–Crippen MR) is 195 cm³/mol. The molecule has 0 unspecified atom stereocenters. The Hall–Kier alpha value is -4.04. The summed E-state index contributed by atoms with van der Waals surface area (Å²) >= 11 is 0. The SMILES string of the molecule is CCCCCCC[C@@H]1CC(=O)N[C@@H](CC(C)C)C(=O)N[C@@H](CO)C(=O)N[C@@H]([C@H](C)O)C(=O)N[C@H](Cc2ccccc2)C(=O)N[C@H]([C@H](C)CC)C(=O)O1. The second-order valence-electron chi connectivity index (χ2n) is 14.3. The summed E-state index contributed by atoms with van der Waals surface area (Å²) in [5, 5.41) is 33.6. The molecule has 14 heteroatoms. The third-order valence-corrected chi connectivity index (χ3v) is 9.24. The Bertz CT molecular complexity index is 1310. The first-order valence-corrected chi connectivity index (χ1v) is 18.7. The molecule has 0 bridgehead atoms. The number of ether oxygens (including phenoxy) is 1. The summed E-state index contributed by atoms with van der Waals surface area (Å²) in [5.74, 6) is -5.04. The van der Waals surface area contributed by atoms with E-state index in [-0.39, 0.29) is 25.2 Å². The van der Waals surface area contributed by atoms with Crippen LogP contribution in [-0.2, 0) is 39.9 Å². The topological polar surface area (TPSA) is 212 Å². The number of carbonyl (C=O) groups is 6. The zero-order chi connectivity index (χ0) is 38.8. The van der Waals surface area contributed by atoms with Crippen LogP contribution in [-0.4, -0.2) is 94.7 Å². The highest BCUT2D eigenvalue weighted by atomic mass is 16.5. The van der Waals surface area contributed by atoms with Gasteiger partial charge in [0.15, 0.2) is 0 Å². The Morgan fingerprint density at radius 3 is 1.92 bits per heavy atom. The van der Waals surface area contributed by atoms with Crippen molar-refractivity contribution in [3.05, 3.63) is 35.9 Å². The van der Waals surface area contributed by atoms with Crippen molar-refractivity contribution in [2.75, 3.05) is 6.61 Å². The molecule has 5 amide bonds. The Labute approximate surface area is 308 Å². The molecule has 292 valence electrons. The van der Waals surface area contributed by atoms with Gasteiger partial charge in [-0.25, -0.2) is 4.79 Å². The van der Waals surface area contributed by atoms with E-state index in [4.69, 9.17) is 4.74 Å². The van der Waals surface area contributed by atoms with E-state index in [9.17, 15) is 39.0 Å². The van der Waals surface area contributed by atoms with Crippen molar-refractivity contribution >= 4 is 35.5 Å². The van der Waals surface area contributed by atoms with Crippen molar-refractivity contribution in [2.24, 2.45) is 11.8 Å². The van der Waals surface area contributed by atoms with E-state index in [1.54, 1.807) is 37.3 Å². The van der Waals surface area contributed by atoms with Gasteiger partial charge >= 0.3 is 5.97 Å². The molecule has 0 aromatic heterocycles. The van der Waals surface area contributed by atoms with E-state index in [1.165, 1.54) is 6.92 Å². The molecule has 1 aliphatic rings. The standard InChI is InChI=1S/C38H61N5O9/c1-7-9-10-11-15-18-27-21-31(46)39-28(19-23(3)4)34(47)41-30(22-44)36(49)43-33(25(6)45)37(50)40-29(20-26-16-13-12-14-17-26)35(48)42-32(24(5)8-2)38(51)52-27/h12-14,16-17,23-25,27-30,32-33,44-45H,7-11,15,18-22H2,1-6H3,(H,39,46)(H,40,50)(H,41,47)(H,42,48)(H,43,49)/t24-,25+,27-,28+,29-,30+,32-,33+/m1/s1. The van der Waals surface area contributed by atoms with Crippen molar-refractivity contribution in [1.29, 1.82) is 0 Å². The lowest BCUT2D eigenvalue weighted by Crippen LogP contribution is -2.62. The molecule has 1 fully saturated rings. The predicted octanol–water partition coefficient (Wildman–Crippen LogP) is 1.79. The molecule has 0 spiro atoms. The third-order valence-electron chi connectivity index (χ3n) is 9.24. The van der Waals surface area contributed by atoms with Crippen molar-refractivity contribution < 1.29 is 43.7 Å². The number of carbonyl (C=O) groups excluding carboxylic acids is 6. The number of aliphatic hydroxyl groups excluding tert-OH is 2. The number of esters is 1. The first-order chi connectivity index (χ1) is 24.7. The number of hydrogen-bond donors (Lipinski definition) is 7. The van der Waals surface area contributed by atoms with Crippen LogP contribution in [0.25, 0.3) is 0 Å². The van der Waals surface area contributed by atoms with Gasteiger partial charge in [-0.15, -0.1) is 0 Å². The molecule has 14 nitrogen and oxygen atoms in total. The number of benzene rings is 1. The van der Waals surface area contributed by atoms with E-state index in [0.717, 1.165) is 25.7 Å². The van der Waals surface area contributed by atoms with Crippen molar-refractivity contribution in [2.45, 2.75) is 148 Å². The summed E-state index contributed by atoms with van der Waals surface area (Å²) in [6.45, 7) is 9.86. The second-order valence-corrected chi connectivity index (χ2v) is 14.3. The lowest BCUT2D eigenvalue weighted by Gasteiger charge is -2.29. The normalized spacial score (nSPS) is 25.6. The molecule has 8 atom stereocenters. The number of aliphatic hydroxyl groups is 2. The number of nitrogens with one attached hydrogen (secondary N) is 5. The summed E-state index contributed by atoms with van der Waals surface area (Å²) in [4.78, 5) is 81.7. The maximum Gasteiger partial charge on any atom is 0.329 e. The molecule has 0 radical (unpaired) electrons. The van der Waals surface area contributed by atoms with Gasteiger partial charge < -0.3 is 41.5 Å². The molecule has 7 N–H and O–H groups in total. The lowest BCUT2D eigenvalue weighted by molar-refractivity contribution is -0.156. The quantitative estimate of drug-likeness (QED) is 0.110. The Morgan fingerprint density at radius 2 is 1.33 bits per heavy atom. The van der Waals surface area contributed by atoms with Crippen LogP contribution in [0.3, 0.4) is 0 Å². The van der Waals surface area contributed by atoms with Crippen LogP contribution in [0.15, 0.2) is 30.3 Å². The van der Waals surface area contributed by atoms with Gasteiger partial charge in [0.1, 0.15) is 36.3 Å². The van der Waals surface area contributed by atoms with Crippen LogP contribution in [0, 0.1) is 11.8 Å². The largest absolute Gasteiger partial charge is 0.460 e. The van der Waals surface area contributed by atoms with Gasteiger partial charge in [0.2, 0.25) is 29.5 Å². The highest BCUT2D eigenvalue weighted by Crippen LogP contribution is 2.18. The fourth-order valence-corrected chi connectivity index (χ4v) is 5.95. The van der Waals surface area contributed by atoms with E-state index < -0.39 is 90.4 Å². The molecule has 1 heterocycles. The average Bonchev–Trinajstić information content (AvgIpc) is 3.09. The maximum atomic E-state index is 14.0. The molecule has 52 heavy (non-hydrogen) atoms. The van der Waals surface area contributed by atoms with Crippen LogP contribution in [0.4, 0.5) is 0 Å². The van der Waals surface area contributed by atoms with Gasteiger partial charge in [-0.2, -0.15) is 0 Å². The number of hydrogen-bond acceptors (Lipinski definition) is 9. The highest BCUT2D eigenvalue weighted by molar-refractivity contribution is 5.96. The zero-order valence-corrected chi connectivity index (χ0v) is 31.6. The first kappa shape index (κ1) is 44.1. The minimum Gasteiger partial charge on any atom is -0.460 e. The van der Waals surface area contributed by atoms with Gasteiger partial charge in [-0.05, 0) is 43.6 Å². The number of unbranched alkanes of at least 4 members (excludes halogenated alkanes) is 4. The smallest absolute Gasteiger partial charge is 0.329 e.